The fourth-order valence-corrected chi connectivity index (χ4v) is 3.65. The first kappa shape index (κ1) is 14.3. The molecule has 0 radical (unpaired) electrons. The van der Waals surface area contributed by atoms with Crippen LogP contribution in [0.15, 0.2) is 18.2 Å². The summed E-state index contributed by atoms with van der Waals surface area (Å²) >= 11 is 0. The number of nitrogens with two attached hydrogens (primary N) is 1. The summed E-state index contributed by atoms with van der Waals surface area (Å²) in [4.78, 5) is 11.0. The Labute approximate surface area is 123 Å². The van der Waals surface area contributed by atoms with Crippen LogP contribution in [0.1, 0.15) is 36.0 Å². The molecule has 5 heteroatoms. The molecule has 0 unspecified atom stereocenters. The van der Waals surface area contributed by atoms with E-state index in [4.69, 9.17) is 10.5 Å². The van der Waals surface area contributed by atoms with E-state index in [1.165, 1.54) is 37.8 Å². The number of nitrogens with one attached hydrogen (secondary N) is 1. The Morgan fingerprint density at radius 3 is 2.71 bits per heavy atom. The van der Waals surface area contributed by atoms with E-state index in [-0.39, 0.29) is 5.56 Å². The lowest BCUT2D eigenvalue weighted by molar-refractivity contribution is -0.00209. The second-order valence-electron chi connectivity index (χ2n) is 6.34. The van der Waals surface area contributed by atoms with Crippen molar-refractivity contribution in [3.63, 3.8) is 0 Å². The standard InChI is InChI=1S/C16H21FN2O2/c17-14-7-12(1-2-13(14)15(18)20)21-10-11-8-16(9-11)3-5-19-6-4-16/h1-2,7,11,19H,3-6,8-10H2,(H2,18,20). The quantitative estimate of drug-likeness (QED) is 0.893. The Balaban J connectivity index is 1.50. The minimum Gasteiger partial charge on any atom is -0.493 e. The van der Waals surface area contributed by atoms with E-state index < -0.39 is 11.7 Å². The van der Waals surface area contributed by atoms with Crippen molar-refractivity contribution in [2.24, 2.45) is 17.1 Å². The molecule has 21 heavy (non-hydrogen) atoms. The Morgan fingerprint density at radius 1 is 1.38 bits per heavy atom. The van der Waals surface area contributed by atoms with Gasteiger partial charge in [0.05, 0.1) is 12.2 Å². The Hall–Kier alpha value is -1.62. The molecule has 0 atom stereocenters. The number of benzene rings is 1. The highest BCUT2D eigenvalue weighted by Crippen LogP contribution is 2.51. The average Bonchev–Trinajstić information content (AvgIpc) is 2.43. The van der Waals surface area contributed by atoms with Gasteiger partial charge in [-0.2, -0.15) is 0 Å². The zero-order chi connectivity index (χ0) is 14.9. The average molecular weight is 292 g/mol. The third kappa shape index (κ3) is 3.02. The number of amides is 1. The van der Waals surface area contributed by atoms with Crippen LogP contribution < -0.4 is 15.8 Å². The maximum absolute atomic E-state index is 13.6. The molecular weight excluding hydrogens is 271 g/mol. The van der Waals surface area contributed by atoms with Crippen molar-refractivity contribution >= 4 is 5.91 Å². The lowest BCUT2D eigenvalue weighted by atomic mass is 9.58. The molecule has 2 fully saturated rings. The normalized spacial score (nSPS) is 21.0. The lowest BCUT2D eigenvalue weighted by Crippen LogP contribution is -2.46. The van der Waals surface area contributed by atoms with Gasteiger partial charge in [0.15, 0.2) is 0 Å². The van der Waals surface area contributed by atoms with Gasteiger partial charge in [0.1, 0.15) is 11.6 Å². The molecule has 114 valence electrons. The van der Waals surface area contributed by atoms with Crippen molar-refractivity contribution in [1.29, 1.82) is 0 Å². The Morgan fingerprint density at radius 2 is 2.10 bits per heavy atom. The number of ether oxygens (including phenoxy) is 1. The molecule has 1 saturated carbocycles. The topological polar surface area (TPSA) is 64.4 Å². The van der Waals surface area contributed by atoms with Crippen LogP contribution in [0.4, 0.5) is 4.39 Å². The summed E-state index contributed by atoms with van der Waals surface area (Å²) in [5.74, 6) is -0.361. The van der Waals surface area contributed by atoms with Gasteiger partial charge in [-0.1, -0.05) is 0 Å². The van der Waals surface area contributed by atoms with Crippen LogP contribution in [0.3, 0.4) is 0 Å². The molecule has 0 bridgehead atoms. The molecule has 1 aliphatic heterocycles. The molecule has 1 spiro atoms. The number of carbonyl (C=O) groups excluding carboxylic acids is 1. The summed E-state index contributed by atoms with van der Waals surface area (Å²) < 4.78 is 19.3. The molecule has 3 rings (SSSR count). The fraction of sp³-hybridized carbons (Fsp3) is 0.562. The smallest absolute Gasteiger partial charge is 0.251 e. The molecule has 1 amide bonds. The van der Waals surface area contributed by atoms with E-state index in [1.807, 2.05) is 0 Å². The van der Waals surface area contributed by atoms with Crippen LogP contribution >= 0.6 is 0 Å². The van der Waals surface area contributed by atoms with Crippen LogP contribution in [0.25, 0.3) is 0 Å². The number of hydrogen-bond donors (Lipinski definition) is 2. The molecule has 4 nitrogen and oxygen atoms in total. The monoisotopic (exact) mass is 292 g/mol. The van der Waals surface area contributed by atoms with Crippen molar-refractivity contribution in [2.45, 2.75) is 25.7 Å². The van der Waals surface area contributed by atoms with E-state index in [1.54, 1.807) is 6.07 Å². The number of halogens is 1. The summed E-state index contributed by atoms with van der Waals surface area (Å²) in [5.41, 5.74) is 5.50. The molecule has 0 aromatic heterocycles. The highest BCUT2D eigenvalue weighted by atomic mass is 19.1. The van der Waals surface area contributed by atoms with Gasteiger partial charge in [-0.3, -0.25) is 4.79 Å². The number of primary amides is 1. The summed E-state index contributed by atoms with van der Waals surface area (Å²) in [5, 5.41) is 3.39. The maximum atomic E-state index is 13.6. The largest absolute Gasteiger partial charge is 0.493 e. The molecule has 2 aliphatic rings. The summed E-state index contributed by atoms with van der Waals surface area (Å²) in [6.07, 6.45) is 4.92. The molecule has 1 saturated heterocycles. The van der Waals surface area contributed by atoms with Crippen molar-refractivity contribution in [3.8, 4) is 5.75 Å². The van der Waals surface area contributed by atoms with Gasteiger partial charge in [0.2, 0.25) is 0 Å². The van der Waals surface area contributed by atoms with Crippen LogP contribution in [0, 0.1) is 17.2 Å². The fourth-order valence-electron chi connectivity index (χ4n) is 3.65. The van der Waals surface area contributed by atoms with E-state index in [0.29, 0.717) is 23.7 Å². The third-order valence-electron chi connectivity index (χ3n) is 4.80. The first-order chi connectivity index (χ1) is 10.1. The first-order valence-electron chi connectivity index (χ1n) is 7.51. The molecule has 3 N–H and O–H groups in total. The zero-order valence-corrected chi connectivity index (χ0v) is 12.0. The van der Waals surface area contributed by atoms with Gasteiger partial charge in [0.25, 0.3) is 5.91 Å². The molecular formula is C16H21FN2O2. The SMILES string of the molecule is NC(=O)c1ccc(OCC2CC3(CCNCC3)C2)cc1F. The summed E-state index contributed by atoms with van der Waals surface area (Å²) in [7, 11) is 0. The number of hydrogen-bond acceptors (Lipinski definition) is 3. The van der Waals surface area contributed by atoms with Gasteiger partial charge in [-0.05, 0) is 62.2 Å². The van der Waals surface area contributed by atoms with Gasteiger partial charge in [-0.15, -0.1) is 0 Å². The summed E-state index contributed by atoms with van der Waals surface area (Å²) in [6, 6.07) is 4.21. The molecule has 1 aromatic rings. The first-order valence-corrected chi connectivity index (χ1v) is 7.51. The second kappa shape index (κ2) is 5.64. The zero-order valence-electron chi connectivity index (χ0n) is 12.0. The molecule has 1 heterocycles. The van der Waals surface area contributed by atoms with Gasteiger partial charge in [-0.25, -0.2) is 4.39 Å². The van der Waals surface area contributed by atoms with Crippen LogP contribution in [0.2, 0.25) is 0 Å². The van der Waals surface area contributed by atoms with E-state index >= 15 is 0 Å². The van der Waals surface area contributed by atoms with Crippen molar-refractivity contribution in [2.75, 3.05) is 19.7 Å². The van der Waals surface area contributed by atoms with Crippen molar-refractivity contribution < 1.29 is 13.9 Å². The number of piperidine rings is 1. The van der Waals surface area contributed by atoms with E-state index in [0.717, 1.165) is 13.1 Å². The minimum absolute atomic E-state index is 0.0975. The maximum Gasteiger partial charge on any atom is 0.251 e. The number of carbonyl (C=O) groups is 1. The highest BCUT2D eigenvalue weighted by Gasteiger charge is 2.44. The summed E-state index contributed by atoms with van der Waals surface area (Å²) in [6.45, 7) is 2.85. The van der Waals surface area contributed by atoms with E-state index in [9.17, 15) is 9.18 Å². The predicted octanol–water partition coefficient (Wildman–Crippen LogP) is 2.08. The van der Waals surface area contributed by atoms with Gasteiger partial charge >= 0.3 is 0 Å². The minimum atomic E-state index is -0.758. The third-order valence-corrected chi connectivity index (χ3v) is 4.80. The van der Waals surface area contributed by atoms with Crippen molar-refractivity contribution in [3.05, 3.63) is 29.6 Å². The molecule has 1 aromatic carbocycles. The van der Waals surface area contributed by atoms with Crippen LogP contribution in [-0.2, 0) is 0 Å². The van der Waals surface area contributed by atoms with Crippen LogP contribution in [-0.4, -0.2) is 25.6 Å². The highest BCUT2D eigenvalue weighted by molar-refractivity contribution is 5.93. The number of rotatable bonds is 4. The Bertz CT molecular complexity index is 533. The van der Waals surface area contributed by atoms with Crippen molar-refractivity contribution in [1.82, 2.24) is 5.32 Å². The van der Waals surface area contributed by atoms with Crippen LogP contribution in [0.5, 0.6) is 5.75 Å². The second-order valence-corrected chi connectivity index (χ2v) is 6.34. The predicted molar refractivity (Wildman–Crippen MR) is 77.7 cm³/mol. The van der Waals surface area contributed by atoms with E-state index in [2.05, 4.69) is 5.32 Å². The van der Waals surface area contributed by atoms with Gasteiger partial charge < -0.3 is 15.8 Å². The molecule has 1 aliphatic carbocycles. The van der Waals surface area contributed by atoms with Gasteiger partial charge in [0, 0.05) is 6.07 Å². The lowest BCUT2D eigenvalue weighted by Gasteiger charge is -2.50. The Kier molecular flexibility index (Phi) is 3.85.